The molecular formula is C23H30F2N2O2. The number of hydrogen-bond acceptors (Lipinski definition) is 3. The standard InChI is InChI=1S/C23H30F2N2O2/c1-15-9-8-12-27(15)23(2,3)21(16-10-6-5-7-11-16)26-22(28)20-18(25)13-17(24)14-19(20)29-4/h5-6,10,13-15,21H,7-9,11-12H2,1-4H3,(H,26,28). The summed E-state index contributed by atoms with van der Waals surface area (Å²) in [5, 5.41) is 3.05. The number of amides is 1. The summed E-state index contributed by atoms with van der Waals surface area (Å²) < 4.78 is 33.1. The average molecular weight is 405 g/mol. The Kier molecular flexibility index (Phi) is 6.42. The van der Waals surface area contributed by atoms with Crippen molar-refractivity contribution in [2.45, 2.75) is 64.1 Å². The highest BCUT2D eigenvalue weighted by atomic mass is 19.1. The summed E-state index contributed by atoms with van der Waals surface area (Å²) in [4.78, 5) is 15.5. The molecule has 6 heteroatoms. The van der Waals surface area contributed by atoms with Crippen molar-refractivity contribution in [3.8, 4) is 5.75 Å². The van der Waals surface area contributed by atoms with Gasteiger partial charge >= 0.3 is 0 Å². The van der Waals surface area contributed by atoms with Gasteiger partial charge in [0.05, 0.1) is 13.2 Å². The molecule has 29 heavy (non-hydrogen) atoms. The quantitative estimate of drug-likeness (QED) is 0.753. The third kappa shape index (κ3) is 4.37. The number of halogens is 2. The Hall–Kier alpha value is -2.21. The Morgan fingerprint density at radius 2 is 2.10 bits per heavy atom. The number of carbonyl (C=O) groups is 1. The minimum Gasteiger partial charge on any atom is -0.496 e. The van der Waals surface area contributed by atoms with Crippen LogP contribution in [-0.4, -0.2) is 42.1 Å². The Balaban J connectivity index is 1.97. The second-order valence-corrected chi connectivity index (χ2v) is 8.42. The summed E-state index contributed by atoms with van der Waals surface area (Å²) in [6.07, 6.45) is 10.1. The molecular weight excluding hydrogens is 374 g/mol. The number of methoxy groups -OCH3 is 1. The number of ether oxygens (including phenoxy) is 1. The van der Waals surface area contributed by atoms with Gasteiger partial charge in [-0.2, -0.15) is 0 Å². The van der Waals surface area contributed by atoms with Crippen molar-refractivity contribution < 1.29 is 18.3 Å². The Morgan fingerprint density at radius 3 is 2.69 bits per heavy atom. The lowest BCUT2D eigenvalue weighted by Gasteiger charge is -2.46. The van der Waals surface area contributed by atoms with E-state index in [9.17, 15) is 13.6 Å². The minimum absolute atomic E-state index is 0.108. The Morgan fingerprint density at radius 1 is 1.34 bits per heavy atom. The fraction of sp³-hybridized carbons (Fsp3) is 0.522. The van der Waals surface area contributed by atoms with Crippen molar-refractivity contribution in [3.05, 3.63) is 53.1 Å². The molecule has 1 amide bonds. The van der Waals surface area contributed by atoms with E-state index in [1.807, 2.05) is 12.2 Å². The van der Waals surface area contributed by atoms with Crippen LogP contribution >= 0.6 is 0 Å². The van der Waals surface area contributed by atoms with Crippen LogP contribution in [0.15, 0.2) is 35.9 Å². The molecule has 0 saturated carbocycles. The maximum absolute atomic E-state index is 14.5. The first kappa shape index (κ1) is 21.5. The molecule has 1 aromatic carbocycles. The van der Waals surface area contributed by atoms with Gasteiger partial charge in [-0.1, -0.05) is 18.2 Å². The van der Waals surface area contributed by atoms with Crippen molar-refractivity contribution in [1.82, 2.24) is 10.2 Å². The van der Waals surface area contributed by atoms with Gasteiger partial charge in [-0.25, -0.2) is 8.78 Å². The van der Waals surface area contributed by atoms with Gasteiger partial charge in [-0.05, 0) is 58.6 Å². The van der Waals surface area contributed by atoms with E-state index < -0.39 is 17.5 Å². The number of nitrogens with zero attached hydrogens (tertiary/aromatic N) is 1. The number of benzene rings is 1. The molecule has 158 valence electrons. The normalized spacial score (nSPS) is 21.0. The van der Waals surface area contributed by atoms with Crippen molar-refractivity contribution in [3.63, 3.8) is 0 Å². The smallest absolute Gasteiger partial charge is 0.258 e. The van der Waals surface area contributed by atoms with Crippen LogP contribution < -0.4 is 10.1 Å². The molecule has 1 aliphatic carbocycles. The number of hydrogen-bond donors (Lipinski definition) is 1. The van der Waals surface area contributed by atoms with Crippen LogP contribution in [0.1, 0.15) is 56.8 Å². The minimum atomic E-state index is -0.928. The summed E-state index contributed by atoms with van der Waals surface area (Å²) in [6.45, 7) is 7.40. The van der Waals surface area contributed by atoms with Crippen molar-refractivity contribution in [1.29, 1.82) is 0 Å². The van der Waals surface area contributed by atoms with Gasteiger partial charge in [0.2, 0.25) is 0 Å². The van der Waals surface area contributed by atoms with Crippen molar-refractivity contribution >= 4 is 5.91 Å². The van der Waals surface area contributed by atoms with Crippen LogP contribution in [0.5, 0.6) is 5.75 Å². The number of nitrogens with one attached hydrogen (secondary N) is 1. The van der Waals surface area contributed by atoms with Crippen molar-refractivity contribution in [2.24, 2.45) is 0 Å². The molecule has 2 aliphatic rings. The number of carbonyl (C=O) groups excluding carboxylic acids is 1. The van der Waals surface area contributed by atoms with Gasteiger partial charge in [0.1, 0.15) is 22.9 Å². The lowest BCUT2D eigenvalue weighted by Crippen LogP contribution is -2.60. The first-order chi connectivity index (χ1) is 13.8. The topological polar surface area (TPSA) is 41.6 Å². The lowest BCUT2D eigenvalue weighted by atomic mass is 9.82. The maximum Gasteiger partial charge on any atom is 0.258 e. The zero-order valence-corrected chi connectivity index (χ0v) is 17.6. The molecule has 2 unspecified atom stereocenters. The fourth-order valence-corrected chi connectivity index (χ4v) is 4.67. The number of rotatable bonds is 6. The van der Waals surface area contributed by atoms with E-state index in [1.165, 1.54) is 7.11 Å². The SMILES string of the molecule is COc1cc(F)cc(F)c1C(=O)NC(C1=CC=CCC1)C(C)(C)N1CCCC1C. The summed E-state index contributed by atoms with van der Waals surface area (Å²) in [5.74, 6) is -2.41. The average Bonchev–Trinajstić information content (AvgIpc) is 3.12. The largest absolute Gasteiger partial charge is 0.496 e. The number of allylic oxidation sites excluding steroid dienone is 3. The molecule has 3 rings (SSSR count). The first-order valence-corrected chi connectivity index (χ1v) is 10.2. The van der Waals surface area contributed by atoms with E-state index in [-0.39, 0.29) is 22.9 Å². The molecule has 0 radical (unpaired) electrons. The summed E-state index contributed by atoms with van der Waals surface area (Å²) in [5.41, 5.74) is 0.467. The predicted molar refractivity (Wildman–Crippen MR) is 110 cm³/mol. The fourth-order valence-electron chi connectivity index (χ4n) is 4.67. The second-order valence-electron chi connectivity index (χ2n) is 8.42. The van der Waals surface area contributed by atoms with Crippen LogP contribution in [0.3, 0.4) is 0 Å². The highest BCUT2D eigenvalue weighted by molar-refractivity contribution is 5.97. The van der Waals surface area contributed by atoms with E-state index in [1.54, 1.807) is 0 Å². The molecule has 1 aromatic rings. The summed E-state index contributed by atoms with van der Waals surface area (Å²) >= 11 is 0. The molecule has 4 nitrogen and oxygen atoms in total. The molecule has 1 fully saturated rings. The van der Waals surface area contributed by atoms with Gasteiger partial charge in [-0.15, -0.1) is 0 Å². The van der Waals surface area contributed by atoms with Gasteiger partial charge in [0.15, 0.2) is 0 Å². The Bertz CT molecular complexity index is 832. The Labute approximate surface area is 171 Å². The van der Waals surface area contributed by atoms with Gasteiger partial charge in [0.25, 0.3) is 5.91 Å². The number of likely N-dealkylation sites (tertiary alicyclic amines) is 1. The lowest BCUT2D eigenvalue weighted by molar-refractivity contribution is 0.0704. The molecule has 2 atom stereocenters. The highest BCUT2D eigenvalue weighted by Gasteiger charge is 2.42. The molecule has 0 spiro atoms. The van der Waals surface area contributed by atoms with Gasteiger partial charge in [0, 0.05) is 23.7 Å². The van der Waals surface area contributed by atoms with Crippen LogP contribution in [-0.2, 0) is 0 Å². The monoisotopic (exact) mass is 404 g/mol. The van der Waals surface area contributed by atoms with Gasteiger partial charge < -0.3 is 10.1 Å². The van der Waals surface area contributed by atoms with Gasteiger partial charge in [-0.3, -0.25) is 9.69 Å². The third-order valence-electron chi connectivity index (χ3n) is 6.16. The van der Waals surface area contributed by atoms with Crippen LogP contribution in [0.25, 0.3) is 0 Å². The summed E-state index contributed by atoms with van der Waals surface area (Å²) in [6, 6.07) is 1.84. The first-order valence-electron chi connectivity index (χ1n) is 10.2. The molecule has 1 N–H and O–H groups in total. The molecule has 1 aliphatic heterocycles. The zero-order valence-electron chi connectivity index (χ0n) is 17.6. The van der Waals surface area contributed by atoms with E-state index in [4.69, 9.17) is 4.74 Å². The van der Waals surface area contributed by atoms with Crippen LogP contribution in [0.4, 0.5) is 8.78 Å². The van der Waals surface area contributed by atoms with E-state index in [2.05, 4.69) is 37.1 Å². The second kappa shape index (κ2) is 8.66. The highest BCUT2D eigenvalue weighted by Crippen LogP contribution is 2.34. The molecule has 1 saturated heterocycles. The molecule has 1 heterocycles. The van der Waals surface area contributed by atoms with E-state index in [0.29, 0.717) is 12.1 Å². The summed E-state index contributed by atoms with van der Waals surface area (Å²) in [7, 11) is 1.30. The molecule has 0 bridgehead atoms. The van der Waals surface area contributed by atoms with E-state index in [0.717, 1.165) is 43.9 Å². The maximum atomic E-state index is 14.5. The zero-order chi connectivity index (χ0) is 21.2. The van der Waals surface area contributed by atoms with Crippen LogP contribution in [0.2, 0.25) is 0 Å². The van der Waals surface area contributed by atoms with E-state index >= 15 is 0 Å². The predicted octanol–water partition coefficient (Wildman–Crippen LogP) is 4.61. The van der Waals surface area contributed by atoms with Crippen LogP contribution in [0, 0.1) is 11.6 Å². The third-order valence-corrected chi connectivity index (χ3v) is 6.16. The molecule has 0 aromatic heterocycles. The van der Waals surface area contributed by atoms with Crippen molar-refractivity contribution in [2.75, 3.05) is 13.7 Å².